The Balaban J connectivity index is 0.000000175. The van der Waals surface area contributed by atoms with Crippen LogP contribution in [0.4, 0.5) is 0 Å². The first-order valence-electron chi connectivity index (χ1n) is 34.4. The summed E-state index contributed by atoms with van der Waals surface area (Å²) in [5.74, 6) is 2.20. The van der Waals surface area contributed by atoms with Gasteiger partial charge in [-0.05, 0) is 286 Å². The number of benzene rings is 6. The number of aryl methyl sites for hydroxylation is 7. The second-order valence-electron chi connectivity index (χ2n) is 29.0. The number of carboxylic acids is 1. The molecule has 95 heavy (non-hydrogen) atoms. The standard InChI is InChI=1S/C27H34O4.C26H32O4.C24H30O4.C4H7.BrH.Zn/c1-17-11-13-21(18-8-6-9-18)24(20-12-14-22-19(16-20)10-7-15-30-22)23(17)25(26(28)29-5)31-27(2,3)4;1-16-10-12-20(17-7-5-8-17)23(22(16)24(25(27)28)30-26(2,3)4)19-11-13-21-18(15-19)9-6-14-29-21;1-15-9-10-16(2)21(22(23(25)26-6)28-24(3,4)5)20(15)18-11-12-19-17(14-18)8-7-13-27-19;1-2-4-3-1;;/h11-14,16,18,25H,6-10,15H2,1-5H3;10-13,15,17,24H,5-9,14H2,1-4H3,(H,27,28);9-12,14,22H,7-8,13H2,1-6H3;1H,2-4H2;1H;/q;;;-1;;+2/p-1. The van der Waals surface area contributed by atoms with Crippen LogP contribution in [-0.4, -0.2) is 73.9 Å². The topological polar surface area (TPSA) is 145 Å². The van der Waals surface area contributed by atoms with E-state index in [4.69, 9.17) is 37.9 Å². The molecule has 0 aromatic heterocycles. The van der Waals surface area contributed by atoms with Crippen molar-refractivity contribution in [2.75, 3.05) is 34.0 Å². The first kappa shape index (κ1) is 74.9. The van der Waals surface area contributed by atoms with E-state index in [0.717, 1.165) is 161 Å². The van der Waals surface area contributed by atoms with E-state index < -0.39 is 41.1 Å². The van der Waals surface area contributed by atoms with Crippen LogP contribution < -0.4 is 14.2 Å². The van der Waals surface area contributed by atoms with E-state index in [1.165, 1.54) is 103 Å². The molecule has 3 heterocycles. The van der Waals surface area contributed by atoms with E-state index in [0.29, 0.717) is 11.8 Å². The number of carboxylic acid groups (broad SMARTS) is 1. The fourth-order valence-corrected chi connectivity index (χ4v) is 13.2. The minimum atomic E-state index is -1.01. The summed E-state index contributed by atoms with van der Waals surface area (Å²) in [6.45, 7) is 27.9. The predicted octanol–water partition coefficient (Wildman–Crippen LogP) is 20.0. The average molecular weight is 1410 g/mol. The Morgan fingerprint density at radius 2 is 0.768 bits per heavy atom. The van der Waals surface area contributed by atoms with E-state index in [-0.39, 0.29) is 11.9 Å². The zero-order valence-corrected chi connectivity index (χ0v) is 63.9. The van der Waals surface area contributed by atoms with Gasteiger partial charge in [0.1, 0.15) is 17.2 Å². The van der Waals surface area contributed by atoms with Crippen LogP contribution in [-0.2, 0) is 73.7 Å². The number of methoxy groups -OCH3 is 2. The van der Waals surface area contributed by atoms with E-state index in [1.54, 1.807) is 0 Å². The van der Waals surface area contributed by atoms with Gasteiger partial charge in [-0.1, -0.05) is 67.4 Å². The Labute approximate surface area is 583 Å². The molecule has 0 amide bonds. The van der Waals surface area contributed by atoms with Gasteiger partial charge >= 0.3 is 47.9 Å². The molecular formula is C81H103BrO12Zn. The van der Waals surface area contributed by atoms with Gasteiger partial charge in [0.05, 0.1) is 50.8 Å². The zero-order valence-electron chi connectivity index (χ0n) is 59.4. The van der Waals surface area contributed by atoms with Crippen LogP contribution in [0.1, 0.15) is 236 Å². The number of esters is 2. The molecule has 6 aromatic rings. The van der Waals surface area contributed by atoms with E-state index in [1.807, 2.05) is 94.4 Å². The van der Waals surface area contributed by atoms with Crippen molar-refractivity contribution in [3.63, 3.8) is 0 Å². The fraction of sp³-hybridized carbons (Fsp3) is 0.506. The molecule has 0 spiro atoms. The predicted molar refractivity (Wildman–Crippen MR) is 379 cm³/mol. The average Bonchev–Trinajstić information content (AvgIpc) is 0.773. The van der Waals surface area contributed by atoms with Crippen LogP contribution >= 0.6 is 13.6 Å². The maximum absolute atomic E-state index is 13.0. The molecular weight excluding hydrogens is 1310 g/mol. The summed E-state index contributed by atoms with van der Waals surface area (Å²) < 4.78 is 46.3. The van der Waals surface area contributed by atoms with Crippen molar-refractivity contribution < 1.29 is 73.7 Å². The molecule has 3 fully saturated rings. The Morgan fingerprint density at radius 3 is 1.07 bits per heavy atom. The van der Waals surface area contributed by atoms with Crippen molar-refractivity contribution in [1.82, 2.24) is 0 Å². The number of halogens is 1. The summed E-state index contributed by atoms with van der Waals surface area (Å²) in [6.07, 6.45) is 17.2. The van der Waals surface area contributed by atoms with Crippen LogP contribution in [0.5, 0.6) is 17.2 Å². The third kappa shape index (κ3) is 19.3. The van der Waals surface area contributed by atoms with Crippen LogP contribution in [0.3, 0.4) is 0 Å². The van der Waals surface area contributed by atoms with Gasteiger partial charge in [-0.15, -0.1) is 6.42 Å². The molecule has 1 N–H and O–H groups in total. The summed E-state index contributed by atoms with van der Waals surface area (Å²) in [5.41, 5.74) is 17.9. The van der Waals surface area contributed by atoms with Crippen molar-refractivity contribution in [1.29, 1.82) is 0 Å². The third-order valence-electron chi connectivity index (χ3n) is 18.4. The number of fused-ring (bicyclic) bond motifs is 3. The summed E-state index contributed by atoms with van der Waals surface area (Å²) in [4.78, 5) is 38.0. The van der Waals surface area contributed by atoms with Crippen LogP contribution in [0.2, 0.25) is 0 Å². The molecule has 3 aliphatic heterocycles. The molecule has 12 nitrogen and oxygen atoms in total. The quantitative estimate of drug-likeness (QED) is 0.0629. The van der Waals surface area contributed by atoms with Gasteiger partial charge in [0.2, 0.25) is 0 Å². The maximum atomic E-state index is 13.0. The van der Waals surface area contributed by atoms with Crippen molar-refractivity contribution in [3.8, 4) is 50.6 Å². The second kappa shape index (κ2) is 33.6. The zero-order chi connectivity index (χ0) is 68.9. The molecule has 508 valence electrons. The molecule has 3 atom stereocenters. The van der Waals surface area contributed by atoms with E-state index in [9.17, 15) is 19.5 Å². The molecule has 0 bridgehead atoms. The number of ether oxygens (including phenoxy) is 8. The van der Waals surface area contributed by atoms with Crippen molar-refractivity contribution >= 4 is 31.5 Å². The van der Waals surface area contributed by atoms with Crippen LogP contribution in [0, 0.1) is 34.1 Å². The Kier molecular flexibility index (Phi) is 26.5. The molecule has 12 rings (SSSR count). The molecule has 14 heteroatoms. The molecule has 0 saturated heterocycles. The van der Waals surface area contributed by atoms with Crippen LogP contribution in [0.25, 0.3) is 33.4 Å². The summed E-state index contributed by atoms with van der Waals surface area (Å²) in [6, 6.07) is 31.9. The van der Waals surface area contributed by atoms with Crippen molar-refractivity contribution in [3.05, 3.63) is 164 Å². The van der Waals surface area contributed by atoms with Gasteiger partial charge in [-0.3, -0.25) is 0 Å². The Hall–Kier alpha value is -5.89. The van der Waals surface area contributed by atoms with Gasteiger partial charge in [-0.2, -0.15) is 12.8 Å². The third-order valence-corrected chi connectivity index (χ3v) is 18.4. The molecule has 6 aromatic carbocycles. The minimum absolute atomic E-state index is 0.355. The Morgan fingerprint density at radius 1 is 0.463 bits per heavy atom. The monoisotopic (exact) mass is 1410 g/mol. The normalized spacial score (nSPS) is 16.7. The Bertz CT molecular complexity index is 3610. The molecule has 3 saturated carbocycles. The summed E-state index contributed by atoms with van der Waals surface area (Å²) >= 11 is 4.25. The molecule has 3 aliphatic carbocycles. The van der Waals surface area contributed by atoms with Crippen LogP contribution in [0.15, 0.2) is 91.0 Å². The second-order valence-corrected chi connectivity index (χ2v) is 29.0. The first-order chi connectivity index (χ1) is 45.2. The van der Waals surface area contributed by atoms with E-state index in [2.05, 4.69) is 107 Å². The first-order valence-corrected chi connectivity index (χ1v) is 41.3. The fourth-order valence-electron chi connectivity index (χ4n) is 13.2. The molecule has 3 unspecified atom stereocenters. The summed E-state index contributed by atoms with van der Waals surface area (Å²) in [5, 5.41) is 10.1. The van der Waals surface area contributed by atoms with Gasteiger partial charge in [0, 0.05) is 16.7 Å². The van der Waals surface area contributed by atoms with Gasteiger partial charge in [0.15, 0.2) is 18.3 Å². The number of hydrogen-bond donors (Lipinski definition) is 1. The van der Waals surface area contributed by atoms with Gasteiger partial charge in [-0.25, -0.2) is 14.4 Å². The van der Waals surface area contributed by atoms with Gasteiger partial charge in [0.25, 0.3) is 0 Å². The number of aliphatic carboxylic acids is 1. The van der Waals surface area contributed by atoms with Gasteiger partial charge < -0.3 is 49.4 Å². The summed E-state index contributed by atoms with van der Waals surface area (Å²) in [7, 11) is 2.84. The van der Waals surface area contributed by atoms with E-state index >= 15 is 0 Å². The number of hydrogen-bond acceptors (Lipinski definition) is 11. The molecule has 0 radical (unpaired) electrons. The van der Waals surface area contributed by atoms with Crippen molar-refractivity contribution in [2.24, 2.45) is 0 Å². The SMILES string of the molecule is COC(=O)C(OC(C)(C)C)c1c(C)ccc(C)c1-c1ccc2c(c1)CCCO2.COC(=O)C(OC(C)(C)C)c1c(C)ccc(C2CCC2)c1-c1ccc2c(c1)CCCO2.Cc1ccc(C2CCC2)c(-c2ccc3c(c2)CCCO3)c1C(OC(C)(C)C)C(=O)O.[CH-]1CCC1.[Zn+][Br]. The number of carbonyl (C=O) groups is 3. The number of carbonyl (C=O) groups excluding carboxylic acids is 2. The molecule has 6 aliphatic rings. The number of rotatable bonds is 14. The van der Waals surface area contributed by atoms with Crippen molar-refractivity contribution in [2.45, 2.75) is 233 Å².